The SMILES string of the molecule is C=c1[nH]c(=O)c2ccc3c4ccc5c(=O)n6c7ccccc7nc6c6ccc(c7ccc1c2c37)c4c56. The Morgan fingerprint density at radius 1 is 0.611 bits per heavy atom. The number of rotatable bonds is 0. The summed E-state index contributed by atoms with van der Waals surface area (Å²) < 4.78 is 1.74. The quantitative estimate of drug-likeness (QED) is 0.241. The molecule has 36 heavy (non-hydrogen) atoms. The van der Waals surface area contributed by atoms with Crippen LogP contribution in [0.25, 0.3) is 87.9 Å². The lowest BCUT2D eigenvalue weighted by molar-refractivity contribution is 1.19. The van der Waals surface area contributed by atoms with E-state index in [2.05, 4.69) is 35.8 Å². The van der Waals surface area contributed by atoms with E-state index in [9.17, 15) is 9.59 Å². The van der Waals surface area contributed by atoms with Gasteiger partial charge in [0.25, 0.3) is 11.1 Å². The zero-order chi connectivity index (χ0) is 23.9. The second-order valence-electron chi connectivity index (χ2n) is 9.64. The highest BCUT2D eigenvalue weighted by Gasteiger charge is 2.21. The largest absolute Gasteiger partial charge is 0.322 e. The van der Waals surface area contributed by atoms with E-state index in [0.717, 1.165) is 64.9 Å². The standard InChI is InChI=1S/C31H15N3O2/c1-14-15-6-7-16-17-8-11-20-28-22(31(36)34-24-5-3-2-4-23(24)33-29(20)34)13-10-19(27(17)28)18-9-12-21(30(35)32-14)25(15)26(16)18/h2-13H,1H2,(H,32,35). The van der Waals surface area contributed by atoms with Crippen LogP contribution in [0.2, 0.25) is 0 Å². The molecule has 0 amide bonds. The van der Waals surface area contributed by atoms with Crippen LogP contribution in [0.3, 0.4) is 0 Å². The molecule has 3 aromatic heterocycles. The molecule has 166 valence electrons. The van der Waals surface area contributed by atoms with Crippen molar-refractivity contribution in [3.63, 3.8) is 0 Å². The van der Waals surface area contributed by atoms with Crippen LogP contribution >= 0.6 is 0 Å². The molecule has 0 fully saturated rings. The molecule has 0 radical (unpaired) electrons. The van der Waals surface area contributed by atoms with Crippen molar-refractivity contribution in [3.05, 3.63) is 98.9 Å². The maximum absolute atomic E-state index is 13.8. The van der Waals surface area contributed by atoms with Gasteiger partial charge in [0, 0.05) is 37.7 Å². The number of H-pyrrole nitrogens is 1. The van der Waals surface area contributed by atoms with Gasteiger partial charge in [0.1, 0.15) is 5.65 Å². The van der Waals surface area contributed by atoms with Gasteiger partial charge in [-0.1, -0.05) is 49.0 Å². The van der Waals surface area contributed by atoms with E-state index < -0.39 is 0 Å². The van der Waals surface area contributed by atoms with E-state index in [1.807, 2.05) is 48.5 Å². The fourth-order valence-electron chi connectivity index (χ4n) is 6.50. The number of nitrogens with one attached hydrogen (secondary N) is 1. The lowest BCUT2D eigenvalue weighted by Gasteiger charge is -2.18. The number of nitrogens with zero attached hydrogens (tertiary/aromatic N) is 2. The summed E-state index contributed by atoms with van der Waals surface area (Å²) in [5.41, 5.74) is 2.12. The number of aromatic nitrogens is 3. The molecule has 0 spiro atoms. The van der Waals surface area contributed by atoms with Gasteiger partial charge >= 0.3 is 0 Å². The van der Waals surface area contributed by atoms with Gasteiger partial charge in [-0.25, -0.2) is 4.98 Å². The average Bonchev–Trinajstić information content (AvgIpc) is 3.29. The van der Waals surface area contributed by atoms with Gasteiger partial charge in [0.15, 0.2) is 0 Å². The molecule has 0 unspecified atom stereocenters. The van der Waals surface area contributed by atoms with Gasteiger partial charge in [0.05, 0.1) is 11.0 Å². The minimum absolute atomic E-state index is 0.0566. The summed E-state index contributed by atoms with van der Waals surface area (Å²) in [6.45, 7) is 4.09. The highest BCUT2D eigenvalue weighted by atomic mass is 16.1. The fourth-order valence-corrected chi connectivity index (χ4v) is 6.50. The fraction of sp³-hybridized carbons (Fsp3) is 0. The van der Waals surface area contributed by atoms with E-state index >= 15 is 0 Å². The molecule has 5 heteroatoms. The van der Waals surface area contributed by atoms with Crippen molar-refractivity contribution >= 4 is 87.9 Å². The lowest BCUT2D eigenvalue weighted by atomic mass is 9.86. The molecular weight excluding hydrogens is 446 g/mol. The number of aromatic amines is 1. The van der Waals surface area contributed by atoms with Crippen molar-refractivity contribution in [2.75, 3.05) is 0 Å². The van der Waals surface area contributed by atoms with Crippen LogP contribution in [0.5, 0.6) is 0 Å². The predicted octanol–water partition coefficient (Wildman–Crippen LogP) is 5.46. The molecule has 9 rings (SSSR count). The molecule has 0 aliphatic carbocycles. The summed E-state index contributed by atoms with van der Waals surface area (Å²) in [5.74, 6) is 0. The summed E-state index contributed by atoms with van der Waals surface area (Å²) in [5, 5.41) is 12.1. The predicted molar refractivity (Wildman–Crippen MR) is 148 cm³/mol. The van der Waals surface area contributed by atoms with Crippen LogP contribution in [0.4, 0.5) is 0 Å². The number of benzene rings is 6. The smallest absolute Gasteiger partial charge is 0.264 e. The van der Waals surface area contributed by atoms with Crippen molar-refractivity contribution in [2.45, 2.75) is 0 Å². The Hall–Kier alpha value is -5.03. The molecule has 0 atom stereocenters. The number of hydrogen-bond donors (Lipinski definition) is 1. The maximum atomic E-state index is 13.8. The molecule has 0 bridgehead atoms. The molecule has 0 aliphatic rings. The molecule has 3 heterocycles. The van der Waals surface area contributed by atoms with Gasteiger partial charge in [0.2, 0.25) is 0 Å². The topological polar surface area (TPSA) is 67.2 Å². The Morgan fingerprint density at radius 3 is 1.86 bits per heavy atom. The number of imidazole rings is 1. The summed E-state index contributed by atoms with van der Waals surface area (Å²) in [6.07, 6.45) is 0. The third-order valence-electron chi connectivity index (χ3n) is 7.97. The molecule has 0 saturated heterocycles. The van der Waals surface area contributed by atoms with Crippen molar-refractivity contribution in [1.82, 2.24) is 14.4 Å². The highest BCUT2D eigenvalue weighted by Crippen LogP contribution is 2.44. The van der Waals surface area contributed by atoms with Gasteiger partial charge in [-0.15, -0.1) is 0 Å². The maximum Gasteiger partial charge on any atom is 0.264 e. The average molecular weight is 461 g/mol. The second-order valence-corrected chi connectivity index (χ2v) is 9.64. The molecule has 9 aromatic rings. The van der Waals surface area contributed by atoms with Crippen LogP contribution < -0.4 is 16.5 Å². The first-order chi connectivity index (χ1) is 17.6. The second kappa shape index (κ2) is 5.78. The van der Waals surface area contributed by atoms with Crippen molar-refractivity contribution < 1.29 is 0 Å². The van der Waals surface area contributed by atoms with Gasteiger partial charge in [-0.05, 0) is 62.6 Å². The first-order valence-corrected chi connectivity index (χ1v) is 11.8. The number of fused-ring (bicyclic) bond motifs is 6. The zero-order valence-electron chi connectivity index (χ0n) is 18.8. The monoisotopic (exact) mass is 461 g/mol. The van der Waals surface area contributed by atoms with Crippen LogP contribution in [0, 0.1) is 0 Å². The first-order valence-electron chi connectivity index (χ1n) is 11.8. The van der Waals surface area contributed by atoms with E-state index in [0.29, 0.717) is 21.8 Å². The van der Waals surface area contributed by atoms with Crippen LogP contribution in [0.1, 0.15) is 0 Å². The van der Waals surface area contributed by atoms with Crippen LogP contribution in [0.15, 0.2) is 82.4 Å². The number of hydrogen-bond acceptors (Lipinski definition) is 3. The summed E-state index contributed by atoms with van der Waals surface area (Å²) in [6, 6.07) is 24.1. The third kappa shape index (κ3) is 1.87. The Bertz CT molecular complexity index is 2510. The molecular formula is C31H15N3O2. The van der Waals surface area contributed by atoms with E-state index in [-0.39, 0.29) is 11.1 Å². The lowest BCUT2D eigenvalue weighted by Crippen LogP contribution is -2.19. The van der Waals surface area contributed by atoms with Crippen LogP contribution in [-0.2, 0) is 0 Å². The molecule has 5 nitrogen and oxygen atoms in total. The van der Waals surface area contributed by atoms with E-state index in [4.69, 9.17) is 4.98 Å². The summed E-state index contributed by atoms with van der Waals surface area (Å²) in [4.78, 5) is 34.3. The summed E-state index contributed by atoms with van der Waals surface area (Å²) >= 11 is 0. The minimum Gasteiger partial charge on any atom is -0.322 e. The van der Waals surface area contributed by atoms with Crippen molar-refractivity contribution in [1.29, 1.82) is 0 Å². The minimum atomic E-state index is -0.128. The Kier molecular flexibility index (Phi) is 2.94. The molecule has 6 aromatic carbocycles. The van der Waals surface area contributed by atoms with E-state index in [1.54, 1.807) is 4.40 Å². The van der Waals surface area contributed by atoms with Crippen molar-refractivity contribution in [3.8, 4) is 0 Å². The number of para-hydroxylation sites is 2. The van der Waals surface area contributed by atoms with Gasteiger partial charge < -0.3 is 4.98 Å². The highest BCUT2D eigenvalue weighted by molar-refractivity contribution is 6.40. The normalized spacial score (nSPS) is 12.8. The first kappa shape index (κ1) is 18.3. The third-order valence-corrected chi connectivity index (χ3v) is 7.97. The van der Waals surface area contributed by atoms with Crippen LogP contribution in [-0.4, -0.2) is 14.4 Å². The zero-order valence-corrected chi connectivity index (χ0v) is 18.8. The Balaban J connectivity index is 1.63. The molecule has 1 N–H and O–H groups in total. The van der Waals surface area contributed by atoms with Crippen molar-refractivity contribution in [2.24, 2.45) is 0 Å². The summed E-state index contributed by atoms with van der Waals surface area (Å²) in [7, 11) is 0. The van der Waals surface area contributed by atoms with Gasteiger partial charge in [-0.2, -0.15) is 0 Å². The number of pyridine rings is 2. The van der Waals surface area contributed by atoms with Gasteiger partial charge in [-0.3, -0.25) is 14.0 Å². The molecule has 0 saturated carbocycles. The molecule has 0 aliphatic heterocycles. The Morgan fingerprint density at radius 2 is 1.14 bits per heavy atom. The Labute approximate surface area is 201 Å². The van der Waals surface area contributed by atoms with E-state index in [1.165, 1.54) is 0 Å².